The first-order valence-electron chi connectivity index (χ1n) is 9.67. The van der Waals surface area contributed by atoms with E-state index in [1.807, 2.05) is 6.07 Å². The topological polar surface area (TPSA) is 107 Å². The van der Waals surface area contributed by atoms with Crippen molar-refractivity contribution in [3.05, 3.63) is 63.8 Å². The second-order valence-electron chi connectivity index (χ2n) is 7.82. The van der Waals surface area contributed by atoms with E-state index in [1.54, 1.807) is 19.2 Å². The molecule has 0 unspecified atom stereocenters. The summed E-state index contributed by atoms with van der Waals surface area (Å²) >= 11 is 6.08. The molecule has 5 heterocycles. The van der Waals surface area contributed by atoms with Crippen molar-refractivity contribution < 1.29 is 4.52 Å². The fraction of sp³-hybridized carbons (Fsp3) is 0.368. The summed E-state index contributed by atoms with van der Waals surface area (Å²) in [5.41, 5.74) is 0.897. The van der Waals surface area contributed by atoms with Crippen LogP contribution in [0.4, 0.5) is 5.82 Å². The van der Waals surface area contributed by atoms with E-state index >= 15 is 0 Å². The number of aromatic nitrogens is 7. The molecule has 2 fully saturated rings. The van der Waals surface area contributed by atoms with Crippen molar-refractivity contribution >= 4 is 22.9 Å². The summed E-state index contributed by atoms with van der Waals surface area (Å²) in [5.74, 6) is 3.25. The summed E-state index contributed by atoms with van der Waals surface area (Å²) in [6, 6.07) is 3.66. The number of halogens is 1. The first-order valence-corrected chi connectivity index (χ1v) is 10.0. The van der Waals surface area contributed by atoms with Crippen LogP contribution < -0.4 is 10.5 Å². The van der Waals surface area contributed by atoms with E-state index < -0.39 is 0 Å². The van der Waals surface area contributed by atoms with Gasteiger partial charge in [0.1, 0.15) is 25.0 Å². The van der Waals surface area contributed by atoms with Gasteiger partial charge in [0.15, 0.2) is 11.3 Å². The molecule has 1 saturated heterocycles. The van der Waals surface area contributed by atoms with Crippen molar-refractivity contribution in [2.45, 2.75) is 19.4 Å². The average molecular weight is 425 g/mol. The van der Waals surface area contributed by atoms with Crippen molar-refractivity contribution in [3.8, 4) is 0 Å². The zero-order valence-corrected chi connectivity index (χ0v) is 16.8. The van der Waals surface area contributed by atoms with Crippen LogP contribution in [0.5, 0.6) is 0 Å². The van der Waals surface area contributed by atoms with Gasteiger partial charge in [-0.3, -0.25) is 9.36 Å². The molecule has 0 amide bonds. The van der Waals surface area contributed by atoms with E-state index in [4.69, 9.17) is 16.1 Å². The van der Waals surface area contributed by atoms with Crippen molar-refractivity contribution in [1.29, 1.82) is 0 Å². The molecule has 11 heteroatoms. The van der Waals surface area contributed by atoms with Gasteiger partial charge in [0, 0.05) is 30.2 Å². The van der Waals surface area contributed by atoms with Gasteiger partial charge in [0.05, 0.1) is 5.69 Å². The van der Waals surface area contributed by atoms with Crippen molar-refractivity contribution in [2.24, 2.45) is 11.8 Å². The lowest BCUT2D eigenvalue weighted by Crippen LogP contribution is -2.24. The number of imidazole rings is 1. The van der Waals surface area contributed by atoms with Crippen LogP contribution in [0, 0.1) is 18.8 Å². The van der Waals surface area contributed by atoms with Gasteiger partial charge in [0.25, 0.3) is 5.56 Å². The molecule has 152 valence electrons. The Morgan fingerprint density at radius 1 is 1.23 bits per heavy atom. The third kappa shape index (κ3) is 2.71. The Hall–Kier alpha value is -3.27. The van der Waals surface area contributed by atoms with Crippen LogP contribution in [0.3, 0.4) is 0 Å². The summed E-state index contributed by atoms with van der Waals surface area (Å²) in [5, 5.41) is 9.07. The zero-order chi connectivity index (χ0) is 20.4. The van der Waals surface area contributed by atoms with Gasteiger partial charge in [-0.2, -0.15) is 10.1 Å². The molecule has 0 radical (unpaired) electrons. The highest BCUT2D eigenvalue weighted by molar-refractivity contribution is 6.30. The number of rotatable bonds is 4. The van der Waals surface area contributed by atoms with Gasteiger partial charge in [0.2, 0.25) is 5.89 Å². The smallest absolute Gasteiger partial charge is 0.280 e. The van der Waals surface area contributed by atoms with E-state index in [9.17, 15) is 4.79 Å². The summed E-state index contributed by atoms with van der Waals surface area (Å²) in [7, 11) is 0. The lowest BCUT2D eigenvalue weighted by Gasteiger charge is -2.20. The molecular formula is C19H17ClN8O2. The van der Waals surface area contributed by atoms with Crippen LogP contribution >= 0.6 is 11.6 Å². The Labute approximate surface area is 175 Å². The molecule has 30 heavy (non-hydrogen) atoms. The normalized spacial score (nSPS) is 22.6. The van der Waals surface area contributed by atoms with Crippen molar-refractivity contribution in [1.82, 2.24) is 34.3 Å². The first kappa shape index (κ1) is 17.6. The number of hydrogen-bond acceptors (Lipinski definition) is 8. The predicted molar refractivity (Wildman–Crippen MR) is 107 cm³/mol. The lowest BCUT2D eigenvalue weighted by molar-refractivity contribution is 0.363. The molecule has 0 N–H and O–H groups in total. The van der Waals surface area contributed by atoms with Crippen LogP contribution in [0.15, 0.2) is 40.3 Å². The molecule has 0 spiro atoms. The highest BCUT2D eigenvalue weighted by Crippen LogP contribution is 2.57. The van der Waals surface area contributed by atoms with Crippen molar-refractivity contribution in [3.63, 3.8) is 0 Å². The first-order chi connectivity index (χ1) is 14.6. The van der Waals surface area contributed by atoms with Gasteiger partial charge in [-0.05, 0) is 30.9 Å². The molecule has 0 bridgehead atoms. The predicted octanol–water partition coefficient (Wildman–Crippen LogP) is 1.53. The summed E-state index contributed by atoms with van der Waals surface area (Å²) in [4.78, 5) is 28.0. The van der Waals surface area contributed by atoms with Crippen LogP contribution in [0.1, 0.15) is 23.3 Å². The van der Waals surface area contributed by atoms with Crippen LogP contribution in [0.2, 0.25) is 5.02 Å². The van der Waals surface area contributed by atoms with E-state index in [0.29, 0.717) is 39.8 Å². The van der Waals surface area contributed by atoms with Gasteiger partial charge in [-0.15, -0.1) is 0 Å². The Bertz CT molecular complexity index is 1320. The minimum absolute atomic E-state index is 0.181. The molecule has 6 rings (SSSR count). The summed E-state index contributed by atoms with van der Waals surface area (Å²) in [6.45, 7) is 3.75. The van der Waals surface area contributed by atoms with E-state index in [0.717, 1.165) is 18.9 Å². The molecule has 1 saturated carbocycles. The SMILES string of the molecule is Cc1ncn2ncn(Cc3nc([C@H]4[C@@H]5CN(c6cc(Cl)ccn6)C[C@@H]54)no3)c(=O)c12. The zero-order valence-electron chi connectivity index (χ0n) is 16.0. The lowest BCUT2D eigenvalue weighted by atomic mass is 10.2. The van der Waals surface area contributed by atoms with E-state index in [-0.39, 0.29) is 18.0 Å². The molecule has 10 nitrogen and oxygen atoms in total. The van der Waals surface area contributed by atoms with Crippen LogP contribution in [-0.4, -0.2) is 47.4 Å². The molecule has 1 aliphatic carbocycles. The van der Waals surface area contributed by atoms with E-state index in [1.165, 1.54) is 21.7 Å². The maximum absolute atomic E-state index is 12.7. The third-order valence-electron chi connectivity index (χ3n) is 6.02. The largest absolute Gasteiger partial charge is 0.356 e. The highest BCUT2D eigenvalue weighted by Gasteiger charge is 2.58. The fourth-order valence-electron chi connectivity index (χ4n) is 4.46. The van der Waals surface area contributed by atoms with Gasteiger partial charge >= 0.3 is 0 Å². The highest BCUT2D eigenvalue weighted by atomic mass is 35.5. The van der Waals surface area contributed by atoms with Gasteiger partial charge < -0.3 is 9.42 Å². The van der Waals surface area contributed by atoms with Crippen LogP contribution in [-0.2, 0) is 6.54 Å². The number of pyridine rings is 1. The number of nitrogens with zero attached hydrogens (tertiary/aromatic N) is 8. The van der Waals surface area contributed by atoms with Gasteiger partial charge in [-0.25, -0.2) is 14.5 Å². The van der Waals surface area contributed by atoms with Gasteiger partial charge in [-0.1, -0.05) is 16.8 Å². The maximum atomic E-state index is 12.7. The number of fused-ring (bicyclic) bond motifs is 2. The Kier molecular flexibility index (Phi) is 3.73. The van der Waals surface area contributed by atoms with Crippen LogP contribution in [0.25, 0.3) is 5.52 Å². The fourth-order valence-corrected chi connectivity index (χ4v) is 4.62. The third-order valence-corrected chi connectivity index (χ3v) is 6.26. The molecule has 4 aromatic rings. The molecule has 4 aromatic heterocycles. The minimum atomic E-state index is -0.187. The Morgan fingerprint density at radius 2 is 2.07 bits per heavy atom. The second-order valence-corrected chi connectivity index (χ2v) is 8.26. The number of aryl methyl sites for hydroxylation is 1. The average Bonchev–Trinajstić information content (AvgIpc) is 3.16. The summed E-state index contributed by atoms with van der Waals surface area (Å²) in [6.07, 6.45) is 4.71. The standard InChI is InChI=1S/C19H17ClN8O2/c1-10-17-19(29)27(9-23-28(17)8-22-10)7-15-24-18(25-30-15)16-12-5-26(6-13(12)16)14-4-11(20)2-3-21-14/h2-4,8-9,12-13,16H,5-7H2,1H3/t12-,13+,16+. The van der Waals surface area contributed by atoms with Crippen molar-refractivity contribution in [2.75, 3.05) is 18.0 Å². The quantitative estimate of drug-likeness (QED) is 0.485. The number of hydrogen-bond donors (Lipinski definition) is 0. The molecule has 1 aliphatic heterocycles. The summed E-state index contributed by atoms with van der Waals surface area (Å²) < 4.78 is 8.36. The Morgan fingerprint density at radius 3 is 2.87 bits per heavy atom. The molecular weight excluding hydrogens is 408 g/mol. The molecule has 3 atom stereocenters. The molecule has 0 aromatic carbocycles. The minimum Gasteiger partial charge on any atom is -0.356 e. The Balaban J connectivity index is 1.17. The monoisotopic (exact) mass is 424 g/mol. The second kappa shape index (κ2) is 6.36. The maximum Gasteiger partial charge on any atom is 0.280 e. The molecule has 2 aliphatic rings. The number of anilines is 1. The van der Waals surface area contributed by atoms with E-state index in [2.05, 4.69) is 30.1 Å². The number of piperidine rings is 1.